The van der Waals surface area contributed by atoms with E-state index in [1.165, 1.54) is 0 Å². The summed E-state index contributed by atoms with van der Waals surface area (Å²) in [6, 6.07) is 0. The van der Waals surface area contributed by atoms with Crippen LogP contribution in [-0.2, 0) is 20.5 Å². The van der Waals surface area contributed by atoms with E-state index >= 15 is 0 Å². The van der Waals surface area contributed by atoms with E-state index in [1.54, 1.807) is 12.2 Å². The average molecular weight is 243 g/mol. The van der Waals surface area contributed by atoms with Gasteiger partial charge in [-0.1, -0.05) is 0 Å². The van der Waals surface area contributed by atoms with Crippen molar-refractivity contribution in [3.63, 3.8) is 0 Å². The van der Waals surface area contributed by atoms with Gasteiger partial charge in [-0.05, 0) is 0 Å². The molecule has 10 heavy (non-hydrogen) atoms. The summed E-state index contributed by atoms with van der Waals surface area (Å²) in [5.41, 5.74) is 0. The molecule has 0 bridgehead atoms. The zero-order valence-electron chi connectivity index (χ0n) is 5.10. The van der Waals surface area contributed by atoms with Crippen molar-refractivity contribution < 1.29 is 20.5 Å². The molecule has 0 aliphatic heterocycles. The zero-order valence-corrected chi connectivity index (χ0v) is 7.60. The van der Waals surface area contributed by atoms with Gasteiger partial charge in [-0.15, -0.1) is 0 Å². The van der Waals surface area contributed by atoms with E-state index in [1.807, 2.05) is 16.8 Å². The standard InChI is InChI=1S/C7H6O.ClH.Ru/c1-6-4-2-3-5-7(6)8;;/h1-6H;1H;/p-1. The number of hydrogen-bond acceptors (Lipinski definition) is 1. The third kappa shape index (κ3) is 1.96. The average Bonchev–Trinajstić information content (AvgIpc) is 1.94. The molecule has 0 N–H and O–H groups in total. The molecule has 3 heteroatoms. The third-order valence-corrected chi connectivity index (χ3v) is 2.56. The molecule has 56 valence electrons. The quantitative estimate of drug-likeness (QED) is 0.634. The number of ketones is 1. The molecule has 0 amide bonds. The van der Waals surface area contributed by atoms with Crippen LogP contribution in [0.4, 0.5) is 0 Å². The fourth-order valence-electron chi connectivity index (χ4n) is 0.686. The molecule has 1 unspecified atom stereocenters. The molecule has 0 aromatic rings. The third-order valence-electron chi connectivity index (χ3n) is 1.19. The van der Waals surface area contributed by atoms with E-state index in [-0.39, 0.29) is 27.4 Å². The number of halogens is 1. The van der Waals surface area contributed by atoms with Crippen LogP contribution in [0.25, 0.3) is 0 Å². The van der Waals surface area contributed by atoms with Gasteiger partial charge in [0.2, 0.25) is 0 Å². The molecule has 0 radical (unpaired) electrons. The summed E-state index contributed by atoms with van der Waals surface area (Å²) in [6.07, 6.45) is 7.06. The van der Waals surface area contributed by atoms with Crippen LogP contribution in [0, 0.1) is 5.92 Å². The first kappa shape index (κ1) is 8.03. The first-order valence-electron chi connectivity index (χ1n) is 2.79. The Hall–Kier alpha value is -0.0666. The van der Waals surface area contributed by atoms with E-state index in [0.29, 0.717) is 0 Å². The van der Waals surface area contributed by atoms with Gasteiger partial charge in [0.1, 0.15) is 0 Å². The Morgan fingerprint density at radius 3 is 3.00 bits per heavy atom. The fraction of sp³-hybridized carbons (Fsp3) is 0.143. The SMILES string of the molecule is O=C1C=CC=CC1[CH]=[Ru-][Cl]. The van der Waals surface area contributed by atoms with Crippen LogP contribution >= 0.6 is 9.69 Å². The summed E-state index contributed by atoms with van der Waals surface area (Å²) in [4.78, 5) is 11.0. The summed E-state index contributed by atoms with van der Waals surface area (Å²) in [5, 5.41) is 0. The predicted octanol–water partition coefficient (Wildman–Crippen LogP) is 1.34. The van der Waals surface area contributed by atoms with Gasteiger partial charge < -0.3 is 0 Å². The minimum atomic E-state index is -0.253. The summed E-state index contributed by atoms with van der Waals surface area (Å²) in [6.45, 7) is 0. The molecule has 0 spiro atoms. The molecule has 1 atom stereocenters. The minimum absolute atomic E-state index is 0.0549. The molecular weight excluding hydrogens is 237 g/mol. The fourth-order valence-corrected chi connectivity index (χ4v) is 1.97. The van der Waals surface area contributed by atoms with Crippen molar-refractivity contribution in [1.82, 2.24) is 0 Å². The summed E-state index contributed by atoms with van der Waals surface area (Å²) >= 11 is -0.253. The van der Waals surface area contributed by atoms with Crippen LogP contribution in [0.2, 0.25) is 0 Å². The molecule has 1 rings (SSSR count). The number of hydrogen-bond donors (Lipinski definition) is 0. The van der Waals surface area contributed by atoms with Crippen LogP contribution in [0.3, 0.4) is 0 Å². The molecule has 1 aliphatic carbocycles. The number of carbonyl (C=O) groups is 1. The topological polar surface area (TPSA) is 17.1 Å². The van der Waals surface area contributed by atoms with E-state index < -0.39 is 0 Å². The Morgan fingerprint density at radius 1 is 1.60 bits per heavy atom. The number of rotatable bonds is 1. The van der Waals surface area contributed by atoms with Gasteiger partial charge in [-0.25, -0.2) is 0 Å². The molecule has 0 aromatic heterocycles. The van der Waals surface area contributed by atoms with Crippen molar-refractivity contribution >= 4 is 20.1 Å². The Morgan fingerprint density at radius 2 is 2.40 bits per heavy atom. The summed E-state index contributed by atoms with van der Waals surface area (Å²) in [7, 11) is 5.52. The van der Waals surface area contributed by atoms with Crippen LogP contribution in [0.5, 0.6) is 0 Å². The molecule has 0 saturated heterocycles. The maximum atomic E-state index is 11.0. The Bertz CT molecular complexity index is 218. The second-order valence-electron chi connectivity index (χ2n) is 1.87. The van der Waals surface area contributed by atoms with Crippen molar-refractivity contribution in [3.05, 3.63) is 24.3 Å². The van der Waals surface area contributed by atoms with Crippen LogP contribution < -0.4 is 0 Å². The monoisotopic (exact) mass is 243 g/mol. The van der Waals surface area contributed by atoms with E-state index in [9.17, 15) is 4.79 Å². The van der Waals surface area contributed by atoms with E-state index in [2.05, 4.69) is 0 Å². The van der Waals surface area contributed by atoms with Gasteiger partial charge >= 0.3 is 70.8 Å². The maximum absolute atomic E-state index is 11.0. The van der Waals surface area contributed by atoms with E-state index in [4.69, 9.17) is 9.69 Å². The molecule has 1 aliphatic rings. The number of carbonyl (C=O) groups excluding carboxylic acids is 1. The van der Waals surface area contributed by atoms with Crippen molar-refractivity contribution in [2.75, 3.05) is 0 Å². The first-order chi connectivity index (χ1) is 4.84. The van der Waals surface area contributed by atoms with Gasteiger partial charge in [-0.2, -0.15) is 0 Å². The summed E-state index contributed by atoms with van der Waals surface area (Å²) in [5.74, 6) is 0.0816. The van der Waals surface area contributed by atoms with Crippen molar-refractivity contribution in [1.29, 1.82) is 0 Å². The molecule has 0 heterocycles. The normalized spacial score (nSPS) is 26.1. The van der Waals surface area contributed by atoms with Crippen molar-refractivity contribution in [2.45, 2.75) is 0 Å². The van der Waals surface area contributed by atoms with Crippen LogP contribution in [0.1, 0.15) is 0 Å². The van der Waals surface area contributed by atoms with Crippen molar-refractivity contribution in [3.8, 4) is 0 Å². The second-order valence-corrected chi connectivity index (χ2v) is 3.74. The Kier molecular flexibility index (Phi) is 3.17. The van der Waals surface area contributed by atoms with Gasteiger partial charge in [0.25, 0.3) is 0 Å². The number of allylic oxidation sites excluding steroid dienone is 4. The molecule has 0 saturated carbocycles. The summed E-state index contributed by atoms with van der Waals surface area (Å²) < 4.78 is 1.87. The van der Waals surface area contributed by atoms with Gasteiger partial charge in [0.05, 0.1) is 0 Å². The first-order valence-corrected chi connectivity index (χ1v) is 6.03. The second kappa shape index (κ2) is 3.95. The van der Waals surface area contributed by atoms with Crippen LogP contribution in [-0.4, -0.2) is 10.4 Å². The van der Waals surface area contributed by atoms with Gasteiger partial charge in [0.15, 0.2) is 0 Å². The molecular formula is C7H6ClORu-. The van der Waals surface area contributed by atoms with Crippen LogP contribution in [0.15, 0.2) is 24.3 Å². The Labute approximate surface area is 70.9 Å². The Balaban J connectivity index is 2.70. The van der Waals surface area contributed by atoms with Crippen molar-refractivity contribution in [2.24, 2.45) is 5.92 Å². The van der Waals surface area contributed by atoms with E-state index in [0.717, 1.165) is 0 Å². The van der Waals surface area contributed by atoms with Gasteiger partial charge in [0, 0.05) is 0 Å². The zero-order chi connectivity index (χ0) is 7.40. The predicted molar refractivity (Wildman–Crippen MR) is 38.7 cm³/mol. The van der Waals surface area contributed by atoms with Gasteiger partial charge in [-0.3, -0.25) is 0 Å². The molecule has 1 nitrogen and oxygen atoms in total. The molecule has 0 aromatic carbocycles. The molecule has 0 fully saturated rings.